The Balaban J connectivity index is 1.46. The molecule has 0 unspecified atom stereocenters. The lowest BCUT2D eigenvalue weighted by molar-refractivity contribution is 0.0674. The summed E-state index contributed by atoms with van der Waals surface area (Å²) in [5, 5.41) is 3.35. The second kappa shape index (κ2) is 21.1. The summed E-state index contributed by atoms with van der Waals surface area (Å²) >= 11 is 0. The molecule has 0 atom stereocenters. The second-order valence-corrected chi connectivity index (χ2v) is 12.2. The number of hydrogen-bond acceptors (Lipinski definition) is 7. The molecule has 0 radical (unpaired) electrons. The molecule has 4 rings (SSSR count). The molecule has 0 bridgehead atoms. The van der Waals surface area contributed by atoms with Gasteiger partial charge in [0.05, 0.1) is 16.7 Å². The number of para-hydroxylation sites is 3. The van der Waals surface area contributed by atoms with Crippen molar-refractivity contribution in [3.8, 4) is 17.2 Å². The van der Waals surface area contributed by atoms with Gasteiger partial charge in [0.15, 0.2) is 0 Å². The molecule has 7 heteroatoms. The molecule has 0 saturated heterocycles. The molecule has 0 aliphatic rings. The summed E-state index contributed by atoms with van der Waals surface area (Å²) in [5.74, 6) is -1.62. The quantitative estimate of drug-likeness (QED) is 0.0539. The molecule has 0 aliphatic carbocycles. The van der Waals surface area contributed by atoms with Crippen LogP contribution in [0.15, 0.2) is 103 Å². The molecule has 1 N–H and O–H groups in total. The standard InChI is InChI=1S/C42H49NO6/c1-2-3-4-5-6-7-8-9-10-11-12-13-23-30-43-33-31-37(40(44)47-34-24-17-14-18-25-34)39(42(46)49-36-28-21-16-22-29-36)38(32-33)41(45)48-35-26-19-15-20-27-35/h14-22,24-29,31-32,43H,2-13,23,30H2,1H3. The van der Waals surface area contributed by atoms with Crippen LogP contribution >= 0.6 is 0 Å². The van der Waals surface area contributed by atoms with Crippen LogP contribution in [0.4, 0.5) is 5.69 Å². The van der Waals surface area contributed by atoms with Crippen LogP contribution in [0.2, 0.25) is 0 Å². The number of carbonyl (C=O) groups is 3. The Morgan fingerprint density at radius 2 is 0.816 bits per heavy atom. The third kappa shape index (κ3) is 12.9. The van der Waals surface area contributed by atoms with Crippen molar-refractivity contribution in [3.05, 3.63) is 120 Å². The number of benzene rings is 4. The van der Waals surface area contributed by atoms with Gasteiger partial charge in [0.2, 0.25) is 0 Å². The fourth-order valence-electron chi connectivity index (χ4n) is 5.61. The maximum Gasteiger partial charge on any atom is 0.345 e. The van der Waals surface area contributed by atoms with E-state index in [9.17, 15) is 14.4 Å². The first-order valence-electron chi connectivity index (χ1n) is 17.8. The number of hydrogen-bond donors (Lipinski definition) is 1. The van der Waals surface area contributed by atoms with Gasteiger partial charge in [0.25, 0.3) is 0 Å². The molecule has 49 heavy (non-hydrogen) atoms. The molecular weight excluding hydrogens is 614 g/mol. The molecule has 0 fully saturated rings. The molecule has 0 aromatic heterocycles. The number of anilines is 1. The van der Waals surface area contributed by atoms with E-state index in [1.54, 1.807) is 91.0 Å². The summed E-state index contributed by atoms with van der Waals surface area (Å²) in [4.78, 5) is 41.1. The molecule has 0 heterocycles. The summed E-state index contributed by atoms with van der Waals surface area (Å²) in [5.41, 5.74) is 0.0350. The Morgan fingerprint density at radius 1 is 0.469 bits per heavy atom. The zero-order valence-corrected chi connectivity index (χ0v) is 28.7. The molecule has 0 saturated carbocycles. The minimum Gasteiger partial charge on any atom is -0.423 e. The molecule has 0 amide bonds. The van der Waals surface area contributed by atoms with Crippen LogP contribution in [0.3, 0.4) is 0 Å². The summed E-state index contributed by atoms with van der Waals surface area (Å²) in [6, 6.07) is 28.7. The van der Waals surface area contributed by atoms with Crippen molar-refractivity contribution < 1.29 is 28.6 Å². The van der Waals surface area contributed by atoms with Gasteiger partial charge < -0.3 is 19.5 Å². The Hall–Kier alpha value is -4.91. The lowest BCUT2D eigenvalue weighted by Crippen LogP contribution is -2.24. The monoisotopic (exact) mass is 663 g/mol. The molecule has 0 spiro atoms. The van der Waals surface area contributed by atoms with Crippen molar-refractivity contribution in [2.24, 2.45) is 0 Å². The predicted octanol–water partition coefficient (Wildman–Crippen LogP) is 10.8. The lowest BCUT2D eigenvalue weighted by Gasteiger charge is -2.16. The van der Waals surface area contributed by atoms with Gasteiger partial charge in [0, 0.05) is 12.2 Å². The molecule has 258 valence electrons. The van der Waals surface area contributed by atoms with E-state index in [4.69, 9.17) is 14.2 Å². The van der Waals surface area contributed by atoms with Crippen LogP contribution in [-0.4, -0.2) is 24.5 Å². The zero-order chi connectivity index (χ0) is 34.5. The van der Waals surface area contributed by atoms with Gasteiger partial charge in [-0.3, -0.25) is 0 Å². The SMILES string of the molecule is CCCCCCCCCCCCCCCNc1cc(C(=O)Oc2ccccc2)c(C(=O)Oc2ccccc2)c(C(=O)Oc2ccccc2)c1. The number of esters is 3. The summed E-state index contributed by atoms with van der Waals surface area (Å²) in [6.45, 7) is 2.88. The van der Waals surface area contributed by atoms with Gasteiger partial charge in [-0.2, -0.15) is 0 Å². The van der Waals surface area contributed by atoms with Gasteiger partial charge in [-0.1, -0.05) is 139 Å². The first-order valence-corrected chi connectivity index (χ1v) is 17.8. The van der Waals surface area contributed by atoms with E-state index in [-0.39, 0.29) is 22.4 Å². The van der Waals surface area contributed by atoms with E-state index < -0.39 is 17.9 Å². The highest BCUT2D eigenvalue weighted by atomic mass is 16.5. The number of rotatable bonds is 21. The lowest BCUT2D eigenvalue weighted by atomic mass is 9.99. The van der Waals surface area contributed by atoms with Crippen molar-refractivity contribution >= 4 is 23.6 Å². The number of ether oxygens (including phenoxy) is 3. The zero-order valence-electron chi connectivity index (χ0n) is 28.7. The van der Waals surface area contributed by atoms with Crippen LogP contribution in [-0.2, 0) is 0 Å². The second-order valence-electron chi connectivity index (χ2n) is 12.2. The van der Waals surface area contributed by atoms with Crippen LogP contribution in [0.5, 0.6) is 17.2 Å². The van der Waals surface area contributed by atoms with E-state index in [1.165, 1.54) is 76.3 Å². The van der Waals surface area contributed by atoms with Gasteiger partial charge in [0.1, 0.15) is 17.2 Å². The average Bonchev–Trinajstić information content (AvgIpc) is 3.12. The number of nitrogens with one attached hydrogen (secondary N) is 1. The van der Waals surface area contributed by atoms with Crippen LogP contribution in [0.25, 0.3) is 0 Å². The van der Waals surface area contributed by atoms with E-state index in [1.807, 2.05) is 0 Å². The minimum atomic E-state index is -0.880. The Kier molecular flexibility index (Phi) is 15.9. The van der Waals surface area contributed by atoms with Crippen LogP contribution in [0.1, 0.15) is 121 Å². The van der Waals surface area contributed by atoms with Crippen molar-refractivity contribution in [2.75, 3.05) is 11.9 Å². The van der Waals surface area contributed by atoms with E-state index in [0.29, 0.717) is 23.7 Å². The summed E-state index contributed by atoms with van der Waals surface area (Å²) in [6.07, 6.45) is 16.3. The highest BCUT2D eigenvalue weighted by molar-refractivity contribution is 6.12. The summed E-state index contributed by atoms with van der Waals surface area (Å²) < 4.78 is 16.9. The maximum atomic E-state index is 13.7. The number of unbranched alkanes of at least 4 members (excludes halogenated alkanes) is 12. The largest absolute Gasteiger partial charge is 0.423 e. The molecule has 4 aromatic rings. The summed E-state index contributed by atoms with van der Waals surface area (Å²) in [7, 11) is 0. The predicted molar refractivity (Wildman–Crippen MR) is 195 cm³/mol. The smallest absolute Gasteiger partial charge is 0.345 e. The van der Waals surface area contributed by atoms with E-state index in [0.717, 1.165) is 19.3 Å². The van der Waals surface area contributed by atoms with Crippen molar-refractivity contribution in [1.82, 2.24) is 0 Å². The fraction of sp³-hybridized carbons (Fsp3) is 0.357. The Labute approximate surface area is 291 Å². The van der Waals surface area contributed by atoms with Gasteiger partial charge in [-0.05, 0) is 55.0 Å². The highest BCUT2D eigenvalue weighted by Gasteiger charge is 2.30. The average molecular weight is 664 g/mol. The highest BCUT2D eigenvalue weighted by Crippen LogP contribution is 2.27. The third-order valence-corrected chi connectivity index (χ3v) is 8.25. The first kappa shape index (κ1) is 36.9. The molecule has 7 nitrogen and oxygen atoms in total. The van der Waals surface area contributed by atoms with Gasteiger partial charge in [-0.25, -0.2) is 14.4 Å². The fourth-order valence-corrected chi connectivity index (χ4v) is 5.61. The van der Waals surface area contributed by atoms with Gasteiger partial charge >= 0.3 is 17.9 Å². The topological polar surface area (TPSA) is 90.9 Å². The minimum absolute atomic E-state index is 0.111. The Morgan fingerprint density at radius 3 is 1.20 bits per heavy atom. The molecule has 4 aromatic carbocycles. The van der Waals surface area contributed by atoms with Crippen molar-refractivity contribution in [1.29, 1.82) is 0 Å². The van der Waals surface area contributed by atoms with E-state index in [2.05, 4.69) is 12.2 Å². The normalized spacial score (nSPS) is 10.7. The van der Waals surface area contributed by atoms with Crippen LogP contribution in [0, 0.1) is 0 Å². The van der Waals surface area contributed by atoms with Crippen molar-refractivity contribution in [2.45, 2.75) is 90.4 Å². The third-order valence-electron chi connectivity index (χ3n) is 8.25. The Bertz CT molecular complexity index is 1500. The molecule has 0 aliphatic heterocycles. The van der Waals surface area contributed by atoms with Crippen LogP contribution < -0.4 is 19.5 Å². The molecular formula is C42H49NO6. The number of carbonyl (C=O) groups excluding carboxylic acids is 3. The maximum absolute atomic E-state index is 13.7. The first-order chi connectivity index (χ1) is 24.0. The van der Waals surface area contributed by atoms with E-state index >= 15 is 0 Å². The van der Waals surface area contributed by atoms with Gasteiger partial charge in [-0.15, -0.1) is 0 Å². The van der Waals surface area contributed by atoms with Crippen molar-refractivity contribution in [3.63, 3.8) is 0 Å².